The normalized spacial score (nSPS) is 30.7. The van der Waals surface area contributed by atoms with Crippen LogP contribution in [0.5, 0.6) is 0 Å². The SMILES string of the molecule is c1[nH]c(C2CCNCC2)c(C2CCCNC2)c1C1CCNC1. The summed E-state index contributed by atoms with van der Waals surface area (Å²) in [5.41, 5.74) is 4.91. The number of piperidine rings is 2. The average Bonchev–Trinajstić information content (AvgIpc) is 3.25. The minimum Gasteiger partial charge on any atom is -0.364 e. The highest BCUT2D eigenvalue weighted by molar-refractivity contribution is 5.40. The summed E-state index contributed by atoms with van der Waals surface area (Å²) in [4.78, 5) is 3.73. The summed E-state index contributed by atoms with van der Waals surface area (Å²) >= 11 is 0. The molecule has 3 saturated heterocycles. The first-order chi connectivity index (χ1) is 10.9. The van der Waals surface area contributed by atoms with Gasteiger partial charge in [-0.1, -0.05) is 0 Å². The molecule has 1 aromatic heterocycles. The number of aromatic amines is 1. The Balaban J connectivity index is 1.66. The number of rotatable bonds is 3. The van der Waals surface area contributed by atoms with Crippen molar-refractivity contribution in [3.8, 4) is 0 Å². The van der Waals surface area contributed by atoms with Gasteiger partial charge < -0.3 is 20.9 Å². The lowest BCUT2D eigenvalue weighted by Crippen LogP contribution is -2.31. The molecule has 0 aliphatic carbocycles. The van der Waals surface area contributed by atoms with E-state index >= 15 is 0 Å². The number of hydrogen-bond donors (Lipinski definition) is 4. The molecule has 0 aromatic carbocycles. The molecule has 3 fully saturated rings. The van der Waals surface area contributed by atoms with Crippen molar-refractivity contribution in [1.82, 2.24) is 20.9 Å². The zero-order valence-corrected chi connectivity index (χ0v) is 13.6. The van der Waals surface area contributed by atoms with Gasteiger partial charge >= 0.3 is 0 Å². The molecular weight excluding hydrogens is 272 g/mol. The first kappa shape index (κ1) is 14.7. The number of H-pyrrole nitrogens is 1. The van der Waals surface area contributed by atoms with Crippen molar-refractivity contribution in [2.45, 2.75) is 49.9 Å². The van der Waals surface area contributed by atoms with E-state index in [9.17, 15) is 0 Å². The second-order valence-electron chi connectivity index (χ2n) is 7.33. The quantitative estimate of drug-likeness (QED) is 0.691. The Hall–Kier alpha value is -0.840. The summed E-state index contributed by atoms with van der Waals surface area (Å²) < 4.78 is 0. The maximum absolute atomic E-state index is 3.73. The highest BCUT2D eigenvalue weighted by atomic mass is 14.9. The predicted molar refractivity (Wildman–Crippen MR) is 90.7 cm³/mol. The van der Waals surface area contributed by atoms with Gasteiger partial charge in [0.25, 0.3) is 0 Å². The Bertz CT molecular complexity index is 477. The van der Waals surface area contributed by atoms with E-state index in [1.54, 1.807) is 16.8 Å². The van der Waals surface area contributed by atoms with Crippen LogP contribution in [0.25, 0.3) is 0 Å². The van der Waals surface area contributed by atoms with Crippen LogP contribution in [-0.2, 0) is 0 Å². The van der Waals surface area contributed by atoms with E-state index in [0.29, 0.717) is 0 Å². The van der Waals surface area contributed by atoms with Crippen LogP contribution >= 0.6 is 0 Å². The van der Waals surface area contributed by atoms with Gasteiger partial charge in [-0.3, -0.25) is 0 Å². The molecule has 4 nitrogen and oxygen atoms in total. The van der Waals surface area contributed by atoms with Gasteiger partial charge in [-0.15, -0.1) is 0 Å². The first-order valence-corrected chi connectivity index (χ1v) is 9.26. The molecule has 1 aromatic rings. The Morgan fingerprint density at radius 3 is 2.18 bits per heavy atom. The van der Waals surface area contributed by atoms with Crippen molar-refractivity contribution in [3.63, 3.8) is 0 Å². The molecule has 22 heavy (non-hydrogen) atoms. The molecule has 3 aliphatic heterocycles. The first-order valence-electron chi connectivity index (χ1n) is 9.26. The van der Waals surface area contributed by atoms with E-state index < -0.39 is 0 Å². The molecule has 0 spiro atoms. The van der Waals surface area contributed by atoms with E-state index in [0.717, 1.165) is 24.3 Å². The molecule has 4 heteroatoms. The summed E-state index contributed by atoms with van der Waals surface area (Å²) in [5, 5.41) is 10.7. The van der Waals surface area contributed by atoms with Crippen LogP contribution in [0.4, 0.5) is 0 Å². The fourth-order valence-electron chi connectivity index (χ4n) is 4.73. The van der Waals surface area contributed by atoms with Gasteiger partial charge in [0.2, 0.25) is 0 Å². The predicted octanol–water partition coefficient (Wildman–Crippen LogP) is 2.03. The fourth-order valence-corrected chi connectivity index (χ4v) is 4.73. The van der Waals surface area contributed by atoms with Crippen molar-refractivity contribution in [3.05, 3.63) is 23.0 Å². The molecule has 4 heterocycles. The molecular formula is C18H30N4. The third kappa shape index (κ3) is 2.84. The van der Waals surface area contributed by atoms with Gasteiger partial charge in [-0.05, 0) is 81.2 Å². The van der Waals surface area contributed by atoms with Crippen molar-refractivity contribution >= 4 is 0 Å². The van der Waals surface area contributed by atoms with Crippen LogP contribution in [-0.4, -0.2) is 44.3 Å². The third-order valence-electron chi connectivity index (χ3n) is 5.94. The molecule has 0 bridgehead atoms. The largest absolute Gasteiger partial charge is 0.364 e. The van der Waals surface area contributed by atoms with Gasteiger partial charge in [0.1, 0.15) is 0 Å². The van der Waals surface area contributed by atoms with Crippen LogP contribution in [0.2, 0.25) is 0 Å². The number of hydrogen-bond acceptors (Lipinski definition) is 3. The monoisotopic (exact) mass is 302 g/mol. The van der Waals surface area contributed by atoms with Gasteiger partial charge in [0, 0.05) is 30.9 Å². The zero-order valence-electron chi connectivity index (χ0n) is 13.6. The molecule has 0 radical (unpaired) electrons. The lowest BCUT2D eigenvalue weighted by molar-refractivity contribution is 0.431. The van der Waals surface area contributed by atoms with Crippen molar-refractivity contribution in [1.29, 1.82) is 0 Å². The van der Waals surface area contributed by atoms with E-state index in [-0.39, 0.29) is 0 Å². The molecule has 0 amide bonds. The van der Waals surface area contributed by atoms with Crippen LogP contribution in [0.1, 0.15) is 66.7 Å². The summed E-state index contributed by atoms with van der Waals surface area (Å²) in [6.45, 7) is 7.06. The molecule has 4 N–H and O–H groups in total. The van der Waals surface area contributed by atoms with Gasteiger partial charge in [0.15, 0.2) is 0 Å². The average molecular weight is 302 g/mol. The summed E-state index contributed by atoms with van der Waals surface area (Å²) in [5.74, 6) is 2.19. The van der Waals surface area contributed by atoms with Gasteiger partial charge in [-0.2, -0.15) is 0 Å². The maximum Gasteiger partial charge on any atom is 0.0218 e. The van der Waals surface area contributed by atoms with E-state index in [1.165, 1.54) is 64.8 Å². The third-order valence-corrected chi connectivity index (χ3v) is 5.94. The van der Waals surface area contributed by atoms with Crippen LogP contribution in [0.3, 0.4) is 0 Å². The van der Waals surface area contributed by atoms with Crippen LogP contribution in [0, 0.1) is 0 Å². The van der Waals surface area contributed by atoms with Gasteiger partial charge in [-0.25, -0.2) is 0 Å². The lowest BCUT2D eigenvalue weighted by Gasteiger charge is -2.29. The van der Waals surface area contributed by atoms with E-state index in [2.05, 4.69) is 27.1 Å². The topological polar surface area (TPSA) is 51.9 Å². The Morgan fingerprint density at radius 1 is 0.727 bits per heavy atom. The Labute approximate surface area is 133 Å². The van der Waals surface area contributed by atoms with Crippen LogP contribution < -0.4 is 16.0 Å². The summed E-state index contributed by atoms with van der Waals surface area (Å²) in [7, 11) is 0. The second-order valence-corrected chi connectivity index (χ2v) is 7.33. The molecule has 122 valence electrons. The lowest BCUT2D eigenvalue weighted by atomic mass is 9.81. The van der Waals surface area contributed by atoms with Gasteiger partial charge in [0.05, 0.1) is 0 Å². The Kier molecular flexibility index (Phi) is 4.51. The van der Waals surface area contributed by atoms with Crippen LogP contribution in [0.15, 0.2) is 6.20 Å². The number of nitrogens with one attached hydrogen (secondary N) is 4. The highest BCUT2D eigenvalue weighted by Gasteiger charge is 2.31. The maximum atomic E-state index is 3.73. The van der Waals surface area contributed by atoms with E-state index in [1.807, 2.05) is 0 Å². The molecule has 2 atom stereocenters. The minimum absolute atomic E-state index is 0.723. The standard InChI is InChI=1S/C18H30N4/c1-2-15(11-20-6-1)17-16(14-5-9-21-10-14)12-22-18(17)13-3-7-19-8-4-13/h12-15,19-22H,1-11H2. The van der Waals surface area contributed by atoms with Crippen molar-refractivity contribution in [2.24, 2.45) is 0 Å². The zero-order chi connectivity index (χ0) is 14.8. The highest BCUT2D eigenvalue weighted by Crippen LogP contribution is 2.40. The van der Waals surface area contributed by atoms with Crippen molar-refractivity contribution in [2.75, 3.05) is 39.3 Å². The number of aromatic nitrogens is 1. The molecule has 3 aliphatic rings. The molecule has 0 saturated carbocycles. The van der Waals surface area contributed by atoms with E-state index in [4.69, 9.17) is 0 Å². The molecule has 2 unspecified atom stereocenters. The minimum atomic E-state index is 0.723. The second kappa shape index (κ2) is 6.73. The Morgan fingerprint density at radius 2 is 1.45 bits per heavy atom. The summed E-state index contributed by atoms with van der Waals surface area (Å²) in [6, 6.07) is 0. The fraction of sp³-hybridized carbons (Fsp3) is 0.778. The smallest absolute Gasteiger partial charge is 0.0218 e. The molecule has 4 rings (SSSR count). The summed E-state index contributed by atoms with van der Waals surface area (Å²) in [6.07, 6.45) is 8.92. The van der Waals surface area contributed by atoms with Crippen molar-refractivity contribution < 1.29 is 0 Å².